The molecule has 0 aliphatic carbocycles. The molecule has 0 bridgehead atoms. The molecule has 6 heteroatoms. The number of nitrogens with one attached hydrogen (secondary N) is 2. The normalized spacial score (nSPS) is 11.5. The molecule has 136 valence electrons. The van der Waals surface area contributed by atoms with Gasteiger partial charge < -0.3 is 19.5 Å². The summed E-state index contributed by atoms with van der Waals surface area (Å²) in [5, 5.41) is 5.28. The molecule has 0 unspecified atom stereocenters. The Balaban J connectivity index is 1.68. The van der Waals surface area contributed by atoms with Crippen molar-refractivity contribution in [1.29, 1.82) is 0 Å². The number of furan rings is 2. The van der Waals surface area contributed by atoms with E-state index in [2.05, 4.69) is 10.6 Å². The highest BCUT2D eigenvalue weighted by Gasteiger charge is 2.13. The molecular formula is C21H18N2O4. The molecule has 27 heavy (non-hydrogen) atoms. The third-order valence-electron chi connectivity index (χ3n) is 3.56. The second-order valence-corrected chi connectivity index (χ2v) is 5.57. The van der Waals surface area contributed by atoms with Gasteiger partial charge in [0.05, 0.1) is 19.1 Å². The van der Waals surface area contributed by atoms with E-state index in [1.807, 2.05) is 30.3 Å². The third-order valence-corrected chi connectivity index (χ3v) is 3.56. The molecule has 0 aliphatic heterocycles. The fraction of sp³-hybridized carbons (Fsp3) is 0.0476. The average molecular weight is 362 g/mol. The van der Waals surface area contributed by atoms with Crippen molar-refractivity contribution in [3.05, 3.63) is 96.0 Å². The molecule has 3 aromatic rings. The van der Waals surface area contributed by atoms with E-state index in [0.29, 0.717) is 11.5 Å². The minimum absolute atomic E-state index is 0.0687. The fourth-order valence-corrected chi connectivity index (χ4v) is 2.26. The minimum atomic E-state index is -0.454. The summed E-state index contributed by atoms with van der Waals surface area (Å²) in [7, 11) is 0. The molecule has 0 saturated heterocycles. The van der Waals surface area contributed by atoms with Crippen LogP contribution in [0.5, 0.6) is 0 Å². The van der Waals surface area contributed by atoms with Crippen LogP contribution < -0.4 is 10.6 Å². The summed E-state index contributed by atoms with van der Waals surface area (Å²) >= 11 is 0. The number of hydrogen-bond donors (Lipinski definition) is 2. The molecule has 6 nitrogen and oxygen atoms in total. The van der Waals surface area contributed by atoms with E-state index < -0.39 is 11.8 Å². The first kappa shape index (κ1) is 18.0. The molecule has 3 rings (SSSR count). The second kappa shape index (κ2) is 9.05. The van der Waals surface area contributed by atoms with E-state index in [0.717, 1.165) is 5.56 Å². The monoisotopic (exact) mass is 362 g/mol. The van der Waals surface area contributed by atoms with E-state index in [4.69, 9.17) is 8.83 Å². The zero-order valence-corrected chi connectivity index (χ0v) is 14.4. The molecular weight excluding hydrogens is 344 g/mol. The van der Waals surface area contributed by atoms with Gasteiger partial charge in [-0.15, -0.1) is 0 Å². The van der Waals surface area contributed by atoms with Crippen molar-refractivity contribution in [3.63, 3.8) is 0 Å². The smallest absolute Gasteiger partial charge is 0.268 e. The third kappa shape index (κ3) is 5.61. The van der Waals surface area contributed by atoms with Crippen molar-refractivity contribution in [1.82, 2.24) is 10.6 Å². The Bertz CT molecular complexity index is 924. The first-order chi connectivity index (χ1) is 13.2. The largest absolute Gasteiger partial charge is 0.467 e. The van der Waals surface area contributed by atoms with Crippen LogP contribution in [0.25, 0.3) is 12.2 Å². The van der Waals surface area contributed by atoms with Crippen LogP contribution in [0.15, 0.2) is 87.7 Å². The summed E-state index contributed by atoms with van der Waals surface area (Å²) in [6.45, 7) is 0.205. The van der Waals surface area contributed by atoms with Crippen LogP contribution in [-0.4, -0.2) is 11.8 Å². The molecule has 2 aromatic heterocycles. The van der Waals surface area contributed by atoms with Gasteiger partial charge in [0.1, 0.15) is 17.2 Å². The van der Waals surface area contributed by atoms with Gasteiger partial charge in [-0.2, -0.15) is 0 Å². The number of amides is 2. The van der Waals surface area contributed by atoms with Gasteiger partial charge in [-0.1, -0.05) is 30.3 Å². The number of benzene rings is 1. The van der Waals surface area contributed by atoms with Crippen LogP contribution in [0.3, 0.4) is 0 Å². The molecule has 0 radical (unpaired) electrons. The zero-order chi connectivity index (χ0) is 18.9. The van der Waals surface area contributed by atoms with Gasteiger partial charge >= 0.3 is 0 Å². The lowest BCUT2D eigenvalue weighted by Crippen LogP contribution is -2.33. The maximum Gasteiger partial charge on any atom is 0.268 e. The summed E-state index contributed by atoms with van der Waals surface area (Å²) in [4.78, 5) is 24.7. The van der Waals surface area contributed by atoms with E-state index >= 15 is 0 Å². The molecule has 0 saturated carbocycles. The van der Waals surface area contributed by atoms with E-state index in [1.165, 1.54) is 24.7 Å². The summed E-state index contributed by atoms with van der Waals surface area (Å²) in [5.74, 6) is 0.176. The molecule has 0 fully saturated rings. The van der Waals surface area contributed by atoms with Crippen LogP contribution in [0.2, 0.25) is 0 Å². The molecule has 2 amide bonds. The lowest BCUT2D eigenvalue weighted by molar-refractivity contribution is -0.121. The van der Waals surface area contributed by atoms with Gasteiger partial charge in [-0.25, -0.2) is 0 Å². The summed E-state index contributed by atoms with van der Waals surface area (Å²) < 4.78 is 10.4. The molecule has 0 aliphatic rings. The van der Waals surface area contributed by atoms with Crippen molar-refractivity contribution >= 4 is 24.0 Å². The number of rotatable bonds is 7. The number of carbonyl (C=O) groups is 2. The highest BCUT2D eigenvalue weighted by molar-refractivity contribution is 6.04. The fourth-order valence-electron chi connectivity index (χ4n) is 2.26. The number of hydrogen-bond acceptors (Lipinski definition) is 4. The Hall–Kier alpha value is -3.80. The summed E-state index contributed by atoms with van der Waals surface area (Å²) in [5.41, 5.74) is 0.950. The van der Waals surface area contributed by atoms with Crippen LogP contribution in [-0.2, 0) is 16.1 Å². The van der Waals surface area contributed by atoms with Gasteiger partial charge in [-0.3, -0.25) is 9.59 Å². The first-order valence-electron chi connectivity index (χ1n) is 8.30. The van der Waals surface area contributed by atoms with Gasteiger partial charge in [0, 0.05) is 12.2 Å². The van der Waals surface area contributed by atoms with Gasteiger partial charge in [0.15, 0.2) is 0 Å². The van der Waals surface area contributed by atoms with Crippen molar-refractivity contribution in [3.8, 4) is 0 Å². The van der Waals surface area contributed by atoms with Crippen LogP contribution in [0.4, 0.5) is 0 Å². The van der Waals surface area contributed by atoms with Crippen LogP contribution in [0, 0.1) is 0 Å². The number of carbonyl (C=O) groups excluding carboxylic acids is 2. The van der Waals surface area contributed by atoms with Crippen LogP contribution >= 0.6 is 0 Å². The van der Waals surface area contributed by atoms with E-state index in [9.17, 15) is 9.59 Å². The standard InChI is InChI=1S/C21H18N2O4/c24-20(11-10-16-6-2-1-3-7-16)23-19(14-17-8-4-12-26-17)21(25)22-15-18-9-5-13-27-18/h1-14H,15H2,(H,22,25)(H,23,24)/b11-10+,19-14-. The van der Waals surface area contributed by atoms with Crippen molar-refractivity contribution < 1.29 is 18.4 Å². The molecule has 1 aromatic carbocycles. The van der Waals surface area contributed by atoms with Gasteiger partial charge in [-0.05, 0) is 35.9 Å². The highest BCUT2D eigenvalue weighted by atomic mass is 16.3. The van der Waals surface area contributed by atoms with E-state index in [-0.39, 0.29) is 12.2 Å². The highest BCUT2D eigenvalue weighted by Crippen LogP contribution is 2.07. The lowest BCUT2D eigenvalue weighted by Gasteiger charge is -2.08. The lowest BCUT2D eigenvalue weighted by atomic mass is 10.2. The van der Waals surface area contributed by atoms with Gasteiger partial charge in [0.2, 0.25) is 5.91 Å². The van der Waals surface area contributed by atoms with Crippen molar-refractivity contribution in [2.75, 3.05) is 0 Å². The first-order valence-corrected chi connectivity index (χ1v) is 8.30. The predicted molar refractivity (Wildman–Crippen MR) is 101 cm³/mol. The van der Waals surface area contributed by atoms with E-state index in [1.54, 1.807) is 30.3 Å². The predicted octanol–water partition coefficient (Wildman–Crippen LogP) is 3.36. The Labute approximate surface area is 156 Å². The Kier molecular flexibility index (Phi) is 6.04. The molecule has 2 heterocycles. The molecule has 0 spiro atoms. The quantitative estimate of drug-likeness (QED) is 0.631. The molecule has 0 atom stereocenters. The Morgan fingerprint density at radius 1 is 0.926 bits per heavy atom. The van der Waals surface area contributed by atoms with Crippen molar-refractivity contribution in [2.24, 2.45) is 0 Å². The minimum Gasteiger partial charge on any atom is -0.467 e. The Morgan fingerprint density at radius 3 is 2.41 bits per heavy atom. The zero-order valence-electron chi connectivity index (χ0n) is 14.4. The maximum atomic E-state index is 12.5. The van der Waals surface area contributed by atoms with Crippen LogP contribution in [0.1, 0.15) is 17.1 Å². The Morgan fingerprint density at radius 2 is 1.70 bits per heavy atom. The summed E-state index contributed by atoms with van der Waals surface area (Å²) in [6.07, 6.45) is 7.51. The van der Waals surface area contributed by atoms with Gasteiger partial charge in [0.25, 0.3) is 5.91 Å². The maximum absolute atomic E-state index is 12.5. The topological polar surface area (TPSA) is 84.5 Å². The summed E-state index contributed by atoms with van der Waals surface area (Å²) in [6, 6.07) is 16.3. The van der Waals surface area contributed by atoms with Crippen molar-refractivity contribution in [2.45, 2.75) is 6.54 Å². The SMILES string of the molecule is O=C(/C=C/c1ccccc1)N/C(=C\c1ccco1)C(=O)NCc1ccco1. The second-order valence-electron chi connectivity index (χ2n) is 5.57. The average Bonchev–Trinajstić information content (AvgIpc) is 3.39. The molecule has 2 N–H and O–H groups in total.